The fourth-order valence-electron chi connectivity index (χ4n) is 12.8. The molecule has 0 bridgehead atoms. The molecule has 0 aromatic rings. The first kappa shape index (κ1) is 82.1. The molecule has 0 spiro atoms. The van der Waals surface area contributed by atoms with Crippen molar-refractivity contribution in [2.45, 2.75) is 280 Å². The van der Waals surface area contributed by atoms with Gasteiger partial charge in [-0.1, -0.05) is 0 Å². The van der Waals surface area contributed by atoms with Gasteiger partial charge in [-0.3, -0.25) is 19.2 Å². The Labute approximate surface area is 567 Å². The fraction of sp³-hybridized carbons (Fsp3) is 0.929. The van der Waals surface area contributed by atoms with Crippen LogP contribution in [0.2, 0.25) is 0 Å². The van der Waals surface area contributed by atoms with Crippen LogP contribution >= 0.6 is 0 Å². The normalized spacial score (nSPS) is 48.7. The third kappa shape index (κ3) is 18.3. The molecule has 8 heterocycles. The predicted molar refractivity (Wildman–Crippen MR) is 309 cm³/mol. The molecule has 8 rings (SSSR count). The minimum absolute atomic E-state index is 0.809. The van der Waals surface area contributed by atoms with E-state index in [0.29, 0.717) is 0 Å². The molecule has 4 amide bonds. The van der Waals surface area contributed by atoms with Gasteiger partial charge in [0.05, 0.1) is 52.4 Å². The molecule has 0 saturated carbocycles. The molecule has 8 saturated heterocycles. The molecule has 100 heavy (non-hydrogen) atoms. The van der Waals surface area contributed by atoms with E-state index >= 15 is 0 Å². The topological polar surface area (TPSA) is 680 Å². The molecule has 8 fully saturated rings. The van der Waals surface area contributed by atoms with Gasteiger partial charge in [0.15, 0.2) is 50.3 Å². The number of ether oxygens (including phenoxy) is 15. The SMILES string of the molecule is CC(=O)NC1C(O)OC(COC2OC(C)C(O)C(O)C2O)C(OC2OC(CO)C(OC3OC(COC4OC(CO)C(O)C(O)C4OC4OC(CO)C(O)C(O)C4NC(C)=O)C(O)C(OC4OC(CO)C(O)C(O)C4OC4OC(CO)C(O)C(O)C4NC(C)=O)C3O)C(O)C2NC(C)=O)C1O. The molecule has 0 radical (unpaired) electrons. The van der Waals surface area contributed by atoms with Crippen LogP contribution in [-0.4, -0.2) is 423 Å². The van der Waals surface area contributed by atoms with Crippen LogP contribution in [0.3, 0.4) is 0 Å². The number of carbonyl (C=O) groups is 4. The average molecular weight is 1460 g/mol. The van der Waals surface area contributed by atoms with Gasteiger partial charge in [-0.2, -0.15) is 0 Å². The Bertz CT molecular complexity index is 2620. The lowest BCUT2D eigenvalue weighted by molar-refractivity contribution is -0.396. The number of aliphatic hydroxyl groups is 21. The summed E-state index contributed by atoms with van der Waals surface area (Å²) in [5.74, 6) is -3.42. The van der Waals surface area contributed by atoms with Crippen LogP contribution in [0.5, 0.6) is 0 Å². The molecule has 8 aliphatic heterocycles. The molecule has 44 heteroatoms. The van der Waals surface area contributed by atoms with Crippen LogP contribution in [0.15, 0.2) is 0 Å². The average Bonchev–Trinajstić information content (AvgIpc) is 0.776. The van der Waals surface area contributed by atoms with Crippen LogP contribution in [-0.2, 0) is 90.2 Å². The molecular weight excluding hydrogens is 1370 g/mol. The highest BCUT2D eigenvalue weighted by Gasteiger charge is 2.60. The molecule has 44 nitrogen and oxygen atoms in total. The molecule has 40 atom stereocenters. The zero-order valence-electron chi connectivity index (χ0n) is 54.2. The monoisotopic (exact) mass is 1460 g/mol. The summed E-state index contributed by atoms with van der Waals surface area (Å²) in [4.78, 5) is 50.2. The van der Waals surface area contributed by atoms with Gasteiger partial charge in [0.25, 0.3) is 0 Å². The van der Waals surface area contributed by atoms with E-state index in [0.717, 1.165) is 27.7 Å². The van der Waals surface area contributed by atoms with Crippen LogP contribution < -0.4 is 21.3 Å². The third-order valence-electron chi connectivity index (χ3n) is 18.2. The number of hydrogen-bond donors (Lipinski definition) is 25. The first-order chi connectivity index (χ1) is 47.2. The second kappa shape index (κ2) is 35.7. The quantitative estimate of drug-likeness (QED) is 0.0404. The lowest BCUT2D eigenvalue weighted by Gasteiger charge is -2.51. The summed E-state index contributed by atoms with van der Waals surface area (Å²) < 4.78 is 88.8. The van der Waals surface area contributed by atoms with E-state index in [1.807, 2.05) is 0 Å². The molecule has 0 aliphatic carbocycles. The summed E-state index contributed by atoms with van der Waals surface area (Å²) in [6, 6.07) is -7.10. The van der Waals surface area contributed by atoms with Gasteiger partial charge in [-0.05, 0) is 6.92 Å². The van der Waals surface area contributed by atoms with Crippen molar-refractivity contribution in [1.82, 2.24) is 21.3 Å². The van der Waals surface area contributed by atoms with Gasteiger partial charge < -0.3 is 200 Å². The lowest BCUT2D eigenvalue weighted by Crippen LogP contribution is -2.71. The van der Waals surface area contributed by atoms with E-state index in [2.05, 4.69) is 21.3 Å². The molecule has 40 unspecified atom stereocenters. The van der Waals surface area contributed by atoms with Gasteiger partial charge in [0.2, 0.25) is 23.6 Å². The van der Waals surface area contributed by atoms with E-state index in [1.54, 1.807) is 0 Å². The summed E-state index contributed by atoms with van der Waals surface area (Å²) in [6.45, 7) is -1.92. The summed E-state index contributed by atoms with van der Waals surface area (Å²) >= 11 is 0. The highest BCUT2D eigenvalue weighted by molar-refractivity contribution is 5.74. The zero-order valence-corrected chi connectivity index (χ0v) is 54.2. The van der Waals surface area contributed by atoms with Crippen LogP contribution in [0.4, 0.5) is 0 Å². The van der Waals surface area contributed by atoms with Gasteiger partial charge >= 0.3 is 0 Å². The van der Waals surface area contributed by atoms with Crippen molar-refractivity contribution >= 4 is 23.6 Å². The van der Waals surface area contributed by atoms with Gasteiger partial charge in [0.1, 0.15) is 189 Å². The van der Waals surface area contributed by atoms with E-state index < -0.39 is 315 Å². The molecule has 578 valence electrons. The van der Waals surface area contributed by atoms with Crippen molar-refractivity contribution in [1.29, 1.82) is 0 Å². The Hall–Kier alpha value is -3.56. The minimum Gasteiger partial charge on any atom is -0.394 e. The molecular formula is C56H94N4O40. The maximum absolute atomic E-state index is 13.1. The number of rotatable bonds is 25. The first-order valence-corrected chi connectivity index (χ1v) is 32.0. The van der Waals surface area contributed by atoms with Crippen LogP contribution in [0, 0.1) is 0 Å². The fourth-order valence-corrected chi connectivity index (χ4v) is 12.8. The van der Waals surface area contributed by atoms with Crippen LogP contribution in [0.25, 0.3) is 0 Å². The van der Waals surface area contributed by atoms with E-state index in [1.165, 1.54) is 6.92 Å². The Morgan fingerprint density at radius 3 is 1.09 bits per heavy atom. The number of aliphatic hydroxyl groups excluding tert-OH is 21. The number of amides is 4. The van der Waals surface area contributed by atoms with Crippen molar-refractivity contribution in [3.63, 3.8) is 0 Å². The standard InChI is InChI=1S/C56H94N4O40/c1-13-29(70)39(80)42(83)53(88-13)86-12-24-45(37(78)25(49(85)89-24)57-14(2)66)96-52-28(60-17(5)69)38(79)44(22(10-65)94-52)97-54-43(84)46(98-56-48(41(82)33(74)21(9-64)93-56)100-51-27(59-16(4)68)36(77)31(72)19(7-62)91-51)34(75)23(95-54)11-87-55-47(40(81)32(73)20(8-63)92-55)99-50-26(58-15(3)67)35(76)30(71)18(6-61)90-50/h13,18-56,61-65,70-85H,6-12H2,1-5H3,(H,57,66)(H,58,67)(H,59,68)(H,60,69). The Morgan fingerprint density at radius 2 is 0.620 bits per heavy atom. The molecule has 0 aromatic carbocycles. The number of hydrogen-bond acceptors (Lipinski definition) is 40. The minimum atomic E-state index is -2.50. The predicted octanol–water partition coefficient (Wildman–Crippen LogP) is -16.8. The summed E-state index contributed by atoms with van der Waals surface area (Å²) in [5.41, 5.74) is 0. The largest absolute Gasteiger partial charge is 0.394 e. The van der Waals surface area contributed by atoms with Crippen molar-refractivity contribution in [2.75, 3.05) is 46.2 Å². The second-order valence-electron chi connectivity index (χ2n) is 25.4. The third-order valence-corrected chi connectivity index (χ3v) is 18.2. The van der Waals surface area contributed by atoms with E-state index in [-0.39, 0.29) is 0 Å². The second-order valence-corrected chi connectivity index (χ2v) is 25.4. The molecule has 8 aliphatic rings. The first-order valence-electron chi connectivity index (χ1n) is 32.0. The van der Waals surface area contributed by atoms with E-state index in [9.17, 15) is 126 Å². The number of carbonyl (C=O) groups excluding carboxylic acids is 4. The van der Waals surface area contributed by atoms with Crippen LogP contribution in [0.1, 0.15) is 34.6 Å². The van der Waals surface area contributed by atoms with Gasteiger partial charge in [0, 0.05) is 27.7 Å². The Balaban J connectivity index is 1.14. The van der Waals surface area contributed by atoms with Gasteiger partial charge in [-0.15, -0.1) is 0 Å². The van der Waals surface area contributed by atoms with Crippen molar-refractivity contribution in [3.8, 4) is 0 Å². The lowest BCUT2D eigenvalue weighted by atomic mass is 9.93. The van der Waals surface area contributed by atoms with E-state index in [4.69, 9.17) is 71.1 Å². The Kier molecular flexibility index (Phi) is 29.3. The smallest absolute Gasteiger partial charge is 0.217 e. The molecule has 25 N–H and O–H groups in total. The van der Waals surface area contributed by atoms with Gasteiger partial charge in [-0.25, -0.2) is 0 Å². The maximum Gasteiger partial charge on any atom is 0.217 e. The summed E-state index contributed by atoms with van der Waals surface area (Å²) in [6.07, 6.45) is -71.6. The highest BCUT2D eigenvalue weighted by atomic mass is 16.8. The summed E-state index contributed by atoms with van der Waals surface area (Å²) in [5, 5.41) is 242. The molecule has 0 aromatic heterocycles. The highest BCUT2D eigenvalue weighted by Crippen LogP contribution is 2.38. The van der Waals surface area contributed by atoms with Crippen molar-refractivity contribution in [3.05, 3.63) is 0 Å². The summed E-state index contributed by atoms with van der Waals surface area (Å²) in [7, 11) is 0. The Morgan fingerprint density at radius 1 is 0.280 bits per heavy atom. The van der Waals surface area contributed by atoms with Crippen molar-refractivity contribution in [2.24, 2.45) is 0 Å². The zero-order chi connectivity index (χ0) is 73.8. The maximum atomic E-state index is 13.1. The number of nitrogens with one attached hydrogen (secondary N) is 4. The van der Waals surface area contributed by atoms with Crippen molar-refractivity contribution < 1.29 is 197 Å².